The Kier molecular flexibility index (Phi) is 6.02. The highest BCUT2D eigenvalue weighted by Crippen LogP contribution is 2.42. The molecule has 9 aromatic rings. The molecule has 3 aromatic heterocycles. The zero-order valence-electron chi connectivity index (χ0n) is 24.6. The van der Waals surface area contributed by atoms with Crippen LogP contribution in [0.5, 0.6) is 0 Å². The molecular weight excluding hydrogens is 581 g/mol. The number of para-hydroxylation sites is 2. The summed E-state index contributed by atoms with van der Waals surface area (Å²) in [4.78, 5) is 13.9. The average Bonchev–Trinajstić information content (AvgIpc) is 3.67. The lowest BCUT2D eigenvalue weighted by Crippen LogP contribution is -1.94. The summed E-state index contributed by atoms with van der Waals surface area (Å²) in [7, 11) is 0. The van der Waals surface area contributed by atoms with Crippen molar-refractivity contribution < 1.29 is 0 Å². The zero-order chi connectivity index (χ0) is 30.6. The molecule has 214 valence electrons. The number of hydrogen-bond acceptors (Lipinski definition) is 3. The SMILES string of the molecule is [C-]#[N+]c1cccc(-c2nc(-c3ccccc3)nc3c2sc2ccc(-c4cccc(-n5c6ccccc6c6ccccc65)c4)cc23)c1. The smallest absolute Gasteiger partial charge is 0.187 e. The van der Waals surface area contributed by atoms with Crippen molar-refractivity contribution >= 4 is 59.1 Å². The summed E-state index contributed by atoms with van der Waals surface area (Å²) in [6.07, 6.45) is 0. The summed E-state index contributed by atoms with van der Waals surface area (Å²) in [6.45, 7) is 7.57. The van der Waals surface area contributed by atoms with Gasteiger partial charge in [-0.3, -0.25) is 0 Å². The minimum atomic E-state index is 0.594. The maximum absolute atomic E-state index is 7.57. The Labute approximate surface area is 269 Å². The molecular formula is C41H24N4S. The third kappa shape index (κ3) is 4.20. The highest BCUT2D eigenvalue weighted by Gasteiger charge is 2.18. The van der Waals surface area contributed by atoms with E-state index in [-0.39, 0.29) is 0 Å². The standard InChI is InChI=1S/C41H24N4S/c1-42-30-15-9-14-29(23-30)38-40-39(44-41(43-38)26-11-3-2-4-12-26)34-25-28(21-22-37(34)46-40)27-13-10-16-31(24-27)45-35-19-7-5-17-32(35)33-18-6-8-20-36(33)45/h2-25H. The first-order valence-corrected chi connectivity index (χ1v) is 15.9. The third-order valence-electron chi connectivity index (χ3n) is 8.61. The summed E-state index contributed by atoms with van der Waals surface area (Å²) in [5, 5.41) is 3.60. The lowest BCUT2D eigenvalue weighted by Gasteiger charge is -2.10. The van der Waals surface area contributed by atoms with Crippen molar-refractivity contribution in [3.05, 3.63) is 157 Å². The van der Waals surface area contributed by atoms with Gasteiger partial charge in [0.2, 0.25) is 0 Å². The van der Waals surface area contributed by atoms with E-state index in [1.165, 1.54) is 21.8 Å². The molecule has 0 N–H and O–H groups in total. The van der Waals surface area contributed by atoms with Crippen molar-refractivity contribution in [3.63, 3.8) is 0 Å². The van der Waals surface area contributed by atoms with Gasteiger partial charge in [-0.05, 0) is 59.2 Å². The fraction of sp³-hybridized carbons (Fsp3) is 0. The number of aromatic nitrogens is 3. The summed E-state index contributed by atoms with van der Waals surface area (Å²) in [5.74, 6) is 0.676. The molecule has 0 amide bonds. The number of nitrogens with zero attached hydrogens (tertiary/aromatic N) is 4. The van der Waals surface area contributed by atoms with Gasteiger partial charge < -0.3 is 4.57 Å². The van der Waals surface area contributed by atoms with Gasteiger partial charge in [-0.1, -0.05) is 103 Å². The molecule has 0 fully saturated rings. The first-order chi connectivity index (χ1) is 22.7. The van der Waals surface area contributed by atoms with E-state index in [2.05, 4.69) is 100 Å². The lowest BCUT2D eigenvalue weighted by molar-refractivity contribution is 1.18. The van der Waals surface area contributed by atoms with Crippen LogP contribution in [0.2, 0.25) is 0 Å². The molecule has 0 saturated heterocycles. The molecule has 4 nitrogen and oxygen atoms in total. The average molecular weight is 605 g/mol. The second-order valence-electron chi connectivity index (χ2n) is 11.3. The molecule has 46 heavy (non-hydrogen) atoms. The minimum Gasteiger partial charge on any atom is -0.309 e. The predicted octanol–water partition coefficient (Wildman–Crippen LogP) is 11.5. The van der Waals surface area contributed by atoms with Gasteiger partial charge in [0.1, 0.15) is 0 Å². The fourth-order valence-corrected chi connectivity index (χ4v) is 7.62. The predicted molar refractivity (Wildman–Crippen MR) is 192 cm³/mol. The van der Waals surface area contributed by atoms with E-state index in [0.29, 0.717) is 11.5 Å². The van der Waals surface area contributed by atoms with Crippen molar-refractivity contribution in [2.24, 2.45) is 0 Å². The van der Waals surface area contributed by atoms with Crippen LogP contribution in [0.4, 0.5) is 5.69 Å². The number of hydrogen-bond donors (Lipinski definition) is 0. The van der Waals surface area contributed by atoms with Gasteiger partial charge in [0, 0.05) is 32.1 Å². The summed E-state index contributed by atoms with van der Waals surface area (Å²) in [6, 6.07) is 50.5. The number of fused-ring (bicyclic) bond motifs is 6. The Hall–Kier alpha value is -6.09. The Morgan fingerprint density at radius 3 is 2.00 bits per heavy atom. The van der Waals surface area contributed by atoms with Crippen LogP contribution in [0.1, 0.15) is 0 Å². The molecule has 0 radical (unpaired) electrons. The van der Waals surface area contributed by atoms with Crippen molar-refractivity contribution in [2.45, 2.75) is 0 Å². The van der Waals surface area contributed by atoms with Gasteiger partial charge in [-0.2, -0.15) is 0 Å². The highest BCUT2D eigenvalue weighted by molar-refractivity contribution is 7.26. The van der Waals surface area contributed by atoms with E-state index in [9.17, 15) is 0 Å². The number of thiophene rings is 1. The Morgan fingerprint density at radius 1 is 0.543 bits per heavy atom. The monoisotopic (exact) mass is 604 g/mol. The normalized spacial score (nSPS) is 11.5. The van der Waals surface area contributed by atoms with Crippen LogP contribution in [0.15, 0.2) is 146 Å². The Balaban J connectivity index is 1.25. The van der Waals surface area contributed by atoms with Crippen LogP contribution in [-0.2, 0) is 0 Å². The second kappa shape index (κ2) is 10.5. The topological polar surface area (TPSA) is 35.1 Å². The quantitative estimate of drug-likeness (QED) is 0.187. The van der Waals surface area contributed by atoms with Crippen LogP contribution in [-0.4, -0.2) is 14.5 Å². The van der Waals surface area contributed by atoms with Crippen LogP contribution in [0.3, 0.4) is 0 Å². The molecule has 0 aliphatic carbocycles. The summed E-state index contributed by atoms with van der Waals surface area (Å²) < 4.78 is 4.53. The van der Waals surface area contributed by atoms with E-state index in [1.54, 1.807) is 11.3 Å². The molecule has 0 saturated carbocycles. The molecule has 0 unspecified atom stereocenters. The Morgan fingerprint density at radius 2 is 1.22 bits per heavy atom. The van der Waals surface area contributed by atoms with E-state index in [0.717, 1.165) is 53.9 Å². The fourth-order valence-electron chi connectivity index (χ4n) is 6.48. The van der Waals surface area contributed by atoms with Crippen molar-refractivity contribution in [1.82, 2.24) is 14.5 Å². The minimum absolute atomic E-state index is 0.594. The number of rotatable bonds is 4. The molecule has 6 aromatic carbocycles. The Bertz CT molecular complexity index is 2610. The summed E-state index contributed by atoms with van der Waals surface area (Å²) >= 11 is 1.70. The molecule has 0 atom stereocenters. The first-order valence-electron chi connectivity index (χ1n) is 15.1. The maximum Gasteiger partial charge on any atom is 0.187 e. The molecule has 0 aliphatic rings. The van der Waals surface area contributed by atoms with Gasteiger partial charge in [0.05, 0.1) is 33.5 Å². The van der Waals surface area contributed by atoms with Gasteiger partial charge in [-0.15, -0.1) is 11.3 Å². The lowest BCUT2D eigenvalue weighted by atomic mass is 10.0. The van der Waals surface area contributed by atoms with Gasteiger partial charge in [0.15, 0.2) is 11.5 Å². The first kappa shape index (κ1) is 26.3. The van der Waals surface area contributed by atoms with E-state index < -0.39 is 0 Å². The maximum atomic E-state index is 7.57. The largest absolute Gasteiger partial charge is 0.309 e. The molecule has 0 aliphatic heterocycles. The van der Waals surface area contributed by atoms with Gasteiger partial charge in [0.25, 0.3) is 0 Å². The molecule has 0 spiro atoms. The number of benzene rings is 6. The zero-order valence-corrected chi connectivity index (χ0v) is 25.4. The van der Waals surface area contributed by atoms with E-state index in [1.807, 2.05) is 54.6 Å². The van der Waals surface area contributed by atoms with Crippen LogP contribution >= 0.6 is 11.3 Å². The summed E-state index contributed by atoms with van der Waals surface area (Å²) in [5.41, 5.74) is 10.0. The van der Waals surface area contributed by atoms with Crippen LogP contribution in [0.25, 0.3) is 86.4 Å². The van der Waals surface area contributed by atoms with Crippen molar-refractivity contribution in [1.29, 1.82) is 0 Å². The second-order valence-corrected chi connectivity index (χ2v) is 12.4. The van der Waals surface area contributed by atoms with Crippen LogP contribution < -0.4 is 0 Å². The van der Waals surface area contributed by atoms with Crippen molar-refractivity contribution in [2.75, 3.05) is 0 Å². The van der Waals surface area contributed by atoms with Gasteiger partial charge in [-0.25, -0.2) is 14.8 Å². The van der Waals surface area contributed by atoms with Crippen LogP contribution in [0, 0.1) is 6.57 Å². The third-order valence-corrected chi connectivity index (χ3v) is 9.78. The molecule has 9 rings (SSSR count). The molecule has 3 heterocycles. The van der Waals surface area contributed by atoms with E-state index >= 15 is 0 Å². The van der Waals surface area contributed by atoms with Gasteiger partial charge >= 0.3 is 0 Å². The highest BCUT2D eigenvalue weighted by atomic mass is 32.1. The molecule has 5 heteroatoms. The van der Waals surface area contributed by atoms with Crippen molar-refractivity contribution in [3.8, 4) is 39.5 Å². The molecule has 0 bridgehead atoms. The van der Waals surface area contributed by atoms with E-state index in [4.69, 9.17) is 16.5 Å².